The Morgan fingerprint density at radius 1 is 1.56 bits per heavy atom. The van der Waals surface area contributed by atoms with Crippen LogP contribution >= 0.6 is 0 Å². The number of carbonyl (C=O) groups is 1. The van der Waals surface area contributed by atoms with Gasteiger partial charge in [0.25, 0.3) is 0 Å². The summed E-state index contributed by atoms with van der Waals surface area (Å²) in [5.41, 5.74) is -0.334. The van der Waals surface area contributed by atoms with Gasteiger partial charge in [0.2, 0.25) is 0 Å². The van der Waals surface area contributed by atoms with Gasteiger partial charge in [-0.15, -0.1) is 0 Å². The quantitative estimate of drug-likeness (QED) is 0.835. The molecular weight excluding hydrogens is 211 g/mol. The van der Waals surface area contributed by atoms with E-state index in [-0.39, 0.29) is 11.4 Å². The molecule has 0 saturated heterocycles. The predicted molar refractivity (Wildman–Crippen MR) is 59.3 cm³/mol. The molecule has 0 amide bonds. The molecule has 1 aromatic heterocycles. The van der Waals surface area contributed by atoms with Gasteiger partial charge in [0.05, 0.1) is 0 Å². The first-order chi connectivity index (χ1) is 7.61. The summed E-state index contributed by atoms with van der Waals surface area (Å²) in [6.45, 7) is 5.11. The van der Waals surface area contributed by atoms with Gasteiger partial charge in [-0.2, -0.15) is 0 Å². The Hall–Kier alpha value is -1.65. The van der Waals surface area contributed by atoms with Crippen molar-refractivity contribution in [1.82, 2.24) is 4.98 Å². The average Bonchev–Trinajstić information content (AvgIpc) is 2.26. The first-order valence-corrected chi connectivity index (χ1v) is 5.24. The van der Waals surface area contributed by atoms with Crippen molar-refractivity contribution in [2.45, 2.75) is 20.3 Å². The van der Waals surface area contributed by atoms with Crippen molar-refractivity contribution < 1.29 is 14.3 Å². The Morgan fingerprint density at radius 2 is 2.25 bits per heavy atom. The lowest BCUT2D eigenvalue weighted by atomic mass is 10.2. The van der Waals surface area contributed by atoms with Gasteiger partial charge in [0.1, 0.15) is 5.56 Å². The van der Waals surface area contributed by atoms with E-state index in [9.17, 15) is 9.18 Å². The maximum Gasteiger partial charge on any atom is 0.338 e. The highest BCUT2D eigenvalue weighted by molar-refractivity contribution is 5.88. The molecule has 0 bridgehead atoms. The average molecular weight is 226 g/mol. The predicted octanol–water partition coefficient (Wildman–Crippen LogP) is 2.16. The molecule has 1 heterocycles. The van der Waals surface area contributed by atoms with Crippen molar-refractivity contribution >= 4 is 11.8 Å². The fourth-order valence-electron chi connectivity index (χ4n) is 1.50. The lowest BCUT2D eigenvalue weighted by Gasteiger charge is -2.21. The van der Waals surface area contributed by atoms with Gasteiger partial charge in [-0.25, -0.2) is 14.2 Å². The van der Waals surface area contributed by atoms with Gasteiger partial charge >= 0.3 is 5.97 Å². The van der Waals surface area contributed by atoms with E-state index >= 15 is 0 Å². The molecule has 1 rings (SSSR count). The summed E-state index contributed by atoms with van der Waals surface area (Å²) in [5.74, 6) is -1.91. The zero-order chi connectivity index (χ0) is 12.1. The molecule has 5 heteroatoms. The molecule has 0 fully saturated rings. The van der Waals surface area contributed by atoms with Gasteiger partial charge in [0.15, 0.2) is 11.6 Å². The second-order valence-electron chi connectivity index (χ2n) is 3.38. The molecule has 0 aliphatic rings. The van der Waals surface area contributed by atoms with Gasteiger partial charge in [-0.3, -0.25) is 0 Å². The molecule has 4 nitrogen and oxygen atoms in total. The fraction of sp³-hybridized carbons (Fsp3) is 0.455. The van der Waals surface area contributed by atoms with Gasteiger partial charge in [-0.05, 0) is 19.4 Å². The van der Waals surface area contributed by atoms with Crippen LogP contribution in [0, 0.1) is 5.82 Å². The number of pyridine rings is 1. The first kappa shape index (κ1) is 12.4. The molecule has 0 unspecified atom stereocenters. The largest absolute Gasteiger partial charge is 0.478 e. The Bertz CT molecular complexity index is 382. The maximum absolute atomic E-state index is 13.8. The number of aromatic carboxylic acids is 1. The van der Waals surface area contributed by atoms with Crippen LogP contribution in [0.4, 0.5) is 10.2 Å². The molecule has 0 atom stereocenters. The fourth-order valence-corrected chi connectivity index (χ4v) is 1.50. The normalized spacial score (nSPS) is 10.2. The highest BCUT2D eigenvalue weighted by atomic mass is 19.1. The maximum atomic E-state index is 13.8. The van der Waals surface area contributed by atoms with Crippen LogP contribution in [0.5, 0.6) is 0 Å². The number of nitrogens with zero attached hydrogens (tertiary/aromatic N) is 2. The van der Waals surface area contributed by atoms with Crippen molar-refractivity contribution in [1.29, 1.82) is 0 Å². The molecular formula is C11H15FN2O2. The second-order valence-corrected chi connectivity index (χ2v) is 3.38. The van der Waals surface area contributed by atoms with Crippen LogP contribution in [0.2, 0.25) is 0 Å². The van der Waals surface area contributed by atoms with Gasteiger partial charge < -0.3 is 10.0 Å². The Kier molecular flexibility index (Phi) is 4.22. The minimum absolute atomic E-state index is 0.115. The van der Waals surface area contributed by atoms with Crippen molar-refractivity contribution in [3.8, 4) is 0 Å². The molecule has 0 aliphatic heterocycles. The summed E-state index contributed by atoms with van der Waals surface area (Å²) in [5, 5.41) is 8.79. The first-order valence-electron chi connectivity index (χ1n) is 5.24. The van der Waals surface area contributed by atoms with E-state index in [2.05, 4.69) is 4.98 Å². The van der Waals surface area contributed by atoms with E-state index in [0.29, 0.717) is 13.1 Å². The van der Waals surface area contributed by atoms with Gasteiger partial charge in [-0.1, -0.05) is 6.92 Å². The zero-order valence-corrected chi connectivity index (χ0v) is 9.40. The molecule has 0 saturated carbocycles. The van der Waals surface area contributed by atoms with Crippen molar-refractivity contribution in [2.24, 2.45) is 0 Å². The number of carboxylic acid groups (broad SMARTS) is 1. The molecule has 1 aromatic rings. The van der Waals surface area contributed by atoms with Crippen LogP contribution in [0.15, 0.2) is 12.3 Å². The molecule has 16 heavy (non-hydrogen) atoms. The van der Waals surface area contributed by atoms with Crippen molar-refractivity contribution in [3.05, 3.63) is 23.6 Å². The van der Waals surface area contributed by atoms with E-state index in [1.54, 1.807) is 4.90 Å². The van der Waals surface area contributed by atoms with E-state index in [4.69, 9.17) is 5.11 Å². The lowest BCUT2D eigenvalue weighted by Crippen LogP contribution is -2.26. The molecule has 0 aliphatic carbocycles. The smallest absolute Gasteiger partial charge is 0.338 e. The third kappa shape index (κ3) is 2.48. The number of anilines is 1. The minimum Gasteiger partial charge on any atom is -0.478 e. The number of carboxylic acids is 1. The van der Waals surface area contributed by atoms with Crippen LogP contribution < -0.4 is 4.90 Å². The molecule has 0 aromatic carbocycles. The standard InChI is InChI=1S/C11H15FN2O2/c1-3-7-14(4-2)10-9(12)8(11(15)16)5-6-13-10/h5-6H,3-4,7H2,1-2H3,(H,15,16). The minimum atomic E-state index is -1.27. The number of hydrogen-bond acceptors (Lipinski definition) is 3. The number of rotatable bonds is 5. The molecule has 0 spiro atoms. The summed E-state index contributed by atoms with van der Waals surface area (Å²) in [7, 11) is 0. The van der Waals surface area contributed by atoms with Crippen molar-refractivity contribution in [3.63, 3.8) is 0 Å². The van der Waals surface area contributed by atoms with E-state index in [1.165, 1.54) is 12.3 Å². The van der Waals surface area contributed by atoms with Crippen molar-refractivity contribution in [2.75, 3.05) is 18.0 Å². The van der Waals surface area contributed by atoms with Crippen LogP contribution in [0.25, 0.3) is 0 Å². The van der Waals surface area contributed by atoms with Gasteiger partial charge in [0, 0.05) is 19.3 Å². The molecule has 0 radical (unpaired) electrons. The second kappa shape index (κ2) is 5.44. The summed E-state index contributed by atoms with van der Waals surface area (Å²) >= 11 is 0. The Labute approximate surface area is 93.7 Å². The van der Waals surface area contributed by atoms with E-state index in [1.807, 2.05) is 13.8 Å². The Balaban J connectivity index is 3.12. The van der Waals surface area contributed by atoms with E-state index in [0.717, 1.165) is 6.42 Å². The molecule has 88 valence electrons. The number of hydrogen-bond donors (Lipinski definition) is 1. The number of aromatic nitrogens is 1. The summed E-state index contributed by atoms with van der Waals surface area (Å²) in [4.78, 5) is 16.4. The van der Waals surface area contributed by atoms with Crippen LogP contribution in [0.1, 0.15) is 30.6 Å². The highest BCUT2D eigenvalue weighted by Crippen LogP contribution is 2.19. The zero-order valence-electron chi connectivity index (χ0n) is 9.40. The summed E-state index contributed by atoms with van der Waals surface area (Å²) in [6, 6.07) is 1.17. The Morgan fingerprint density at radius 3 is 2.75 bits per heavy atom. The highest BCUT2D eigenvalue weighted by Gasteiger charge is 2.18. The van der Waals surface area contributed by atoms with Crippen LogP contribution in [-0.2, 0) is 0 Å². The third-order valence-corrected chi connectivity index (χ3v) is 2.28. The molecule has 1 N–H and O–H groups in total. The summed E-state index contributed by atoms with van der Waals surface area (Å²) < 4.78 is 13.8. The number of halogens is 1. The topological polar surface area (TPSA) is 53.4 Å². The SMILES string of the molecule is CCCN(CC)c1nccc(C(=O)O)c1F. The van der Waals surface area contributed by atoms with Crippen LogP contribution in [-0.4, -0.2) is 29.1 Å². The monoisotopic (exact) mass is 226 g/mol. The van der Waals surface area contributed by atoms with Crippen LogP contribution in [0.3, 0.4) is 0 Å². The van der Waals surface area contributed by atoms with E-state index < -0.39 is 11.8 Å². The lowest BCUT2D eigenvalue weighted by molar-refractivity contribution is 0.0691. The third-order valence-electron chi connectivity index (χ3n) is 2.28. The summed E-state index contributed by atoms with van der Waals surface area (Å²) in [6.07, 6.45) is 2.17.